The van der Waals surface area contributed by atoms with Gasteiger partial charge in [-0.25, -0.2) is 33.7 Å². The molecule has 38 heteroatoms. The molecule has 6 aliphatic rings. The van der Waals surface area contributed by atoms with Crippen molar-refractivity contribution in [3.8, 4) is 0 Å². The van der Waals surface area contributed by atoms with Gasteiger partial charge >= 0.3 is 35.4 Å². The molecule has 0 radical (unpaired) electrons. The zero-order valence-corrected chi connectivity index (χ0v) is 45.0. The Kier molecular flexibility index (Phi) is 21.7. The Morgan fingerprint density at radius 3 is 1.54 bits per heavy atom. The SMILES string of the molecule is CCC(=O)NCCCCCC(=O)O[C@@H]1[C@H](O)[C@@H](CO)O[C@@H]1N1C=NC2=C(N)N=CN(SSN3C=NC(N)=C4N=CN([C@H]5O[C@H](COP(=O)(O)OP(=O)(O)OP(=O)(O)O)[C@@H](O)[C@H]5OC(=O)CCCCCNC(=O)CC)C43)C21. The third-order valence-electron chi connectivity index (χ3n) is 11.7. The predicted molar refractivity (Wildman–Crippen MR) is 266 cm³/mol. The van der Waals surface area contributed by atoms with Crippen LogP contribution in [0.3, 0.4) is 0 Å². The Bertz CT molecular complexity index is 2460. The number of esters is 2. The van der Waals surface area contributed by atoms with Crippen molar-refractivity contribution in [1.82, 2.24) is 29.0 Å². The van der Waals surface area contributed by atoms with Gasteiger partial charge in [-0.05, 0) is 25.7 Å². The Balaban J connectivity index is 1.16. The summed E-state index contributed by atoms with van der Waals surface area (Å²) in [6.07, 6.45) is -5.14. The molecule has 6 heterocycles. The van der Waals surface area contributed by atoms with E-state index in [9.17, 15) is 58.0 Å². The van der Waals surface area contributed by atoms with Crippen LogP contribution >= 0.6 is 45.4 Å². The van der Waals surface area contributed by atoms with Crippen molar-refractivity contribution >= 4 is 94.5 Å². The van der Waals surface area contributed by atoms with Gasteiger partial charge in [-0.1, -0.05) is 26.7 Å². The number of hydrogen-bond donors (Lipinski definition) is 11. The van der Waals surface area contributed by atoms with Gasteiger partial charge in [-0.15, -0.1) is 0 Å². The summed E-state index contributed by atoms with van der Waals surface area (Å²) in [4.78, 5) is 108. The normalized spacial score (nSPS) is 28.4. The fourth-order valence-corrected chi connectivity index (χ4v) is 13.1. The fraction of sp³-hybridized carbons (Fsp3) is 0.684. The van der Waals surface area contributed by atoms with Crippen molar-refractivity contribution < 1.29 is 99.9 Å². The summed E-state index contributed by atoms with van der Waals surface area (Å²) in [5.41, 5.74) is 12.9. The second-order valence-corrected chi connectivity index (χ2v) is 23.6. The zero-order chi connectivity index (χ0) is 55.5. The van der Waals surface area contributed by atoms with Gasteiger partial charge < -0.3 is 85.7 Å². The summed E-state index contributed by atoms with van der Waals surface area (Å²) in [6, 6.07) is 0. The second-order valence-electron chi connectivity index (χ2n) is 17.1. The number of fused-ring (bicyclic) bond motifs is 2. The molecule has 2 amide bonds. The van der Waals surface area contributed by atoms with Gasteiger partial charge in [0.15, 0.2) is 48.6 Å². The molecule has 426 valence electrons. The molecule has 76 heavy (non-hydrogen) atoms. The molecule has 0 aliphatic carbocycles. The van der Waals surface area contributed by atoms with Gasteiger partial charge in [-0.3, -0.25) is 32.3 Å². The highest BCUT2D eigenvalue weighted by molar-refractivity contribution is 8.75. The summed E-state index contributed by atoms with van der Waals surface area (Å²) < 4.78 is 75.0. The molecular weight excluding hydrogens is 1120 g/mol. The summed E-state index contributed by atoms with van der Waals surface area (Å²) in [6.45, 7) is 2.51. The van der Waals surface area contributed by atoms with Gasteiger partial charge in [0.05, 0.1) is 25.9 Å². The van der Waals surface area contributed by atoms with Crippen molar-refractivity contribution in [1.29, 1.82) is 0 Å². The van der Waals surface area contributed by atoms with E-state index in [0.717, 1.165) is 22.0 Å². The number of hydrogen-bond acceptors (Lipinski definition) is 29. The van der Waals surface area contributed by atoms with Gasteiger partial charge in [-0.2, -0.15) is 8.62 Å². The van der Waals surface area contributed by atoms with E-state index in [-0.39, 0.29) is 47.7 Å². The van der Waals surface area contributed by atoms with E-state index in [2.05, 4.69) is 39.2 Å². The number of phosphoric acid groups is 3. The smallest absolute Gasteiger partial charge is 0.455 e. The Hall–Kier alpha value is -4.25. The van der Waals surface area contributed by atoms with Crippen LogP contribution in [-0.4, -0.2) is 190 Å². The van der Waals surface area contributed by atoms with E-state index >= 15 is 0 Å². The fourth-order valence-electron chi connectivity index (χ4n) is 8.00. The molecule has 2 fully saturated rings. The molecule has 0 aromatic heterocycles. The van der Waals surface area contributed by atoms with Crippen molar-refractivity contribution in [3.63, 3.8) is 0 Å². The van der Waals surface area contributed by atoms with Crippen LogP contribution < -0.4 is 22.1 Å². The van der Waals surface area contributed by atoms with E-state index in [1.165, 1.54) is 39.5 Å². The number of nitrogens with one attached hydrogen (secondary N) is 2. The first kappa shape index (κ1) is 61.0. The quantitative estimate of drug-likeness (QED) is 0.0140. The number of ether oxygens (including phenoxy) is 4. The van der Waals surface area contributed by atoms with Crippen LogP contribution in [0.5, 0.6) is 0 Å². The number of carbonyl (C=O) groups is 4. The molecule has 4 unspecified atom stereocenters. The lowest BCUT2D eigenvalue weighted by atomic mass is 10.1. The number of amides is 2. The van der Waals surface area contributed by atoms with Crippen molar-refractivity contribution in [2.45, 2.75) is 139 Å². The number of aliphatic hydroxyl groups is 3. The molecule has 0 aromatic carbocycles. The molecule has 0 spiro atoms. The van der Waals surface area contributed by atoms with Crippen molar-refractivity contribution in [2.75, 3.05) is 26.3 Å². The number of rotatable bonds is 29. The van der Waals surface area contributed by atoms with Crippen molar-refractivity contribution in [3.05, 3.63) is 23.0 Å². The number of nitrogens with zero attached hydrogens (tertiary/aromatic N) is 8. The van der Waals surface area contributed by atoms with Crippen LogP contribution in [0.2, 0.25) is 0 Å². The van der Waals surface area contributed by atoms with Crippen molar-refractivity contribution in [2.24, 2.45) is 31.4 Å². The molecule has 0 saturated carbocycles. The van der Waals surface area contributed by atoms with Gasteiger partial charge in [0.25, 0.3) is 0 Å². The summed E-state index contributed by atoms with van der Waals surface area (Å²) >= 11 is 0. The lowest BCUT2D eigenvalue weighted by Crippen LogP contribution is -2.54. The zero-order valence-electron chi connectivity index (χ0n) is 40.7. The Morgan fingerprint density at radius 2 is 1.11 bits per heavy atom. The topological polar surface area (TPSA) is 464 Å². The van der Waals surface area contributed by atoms with E-state index in [1.54, 1.807) is 18.2 Å². The third-order valence-corrected chi connectivity index (χ3v) is 17.7. The number of nitrogens with two attached hydrogens (primary N) is 2. The minimum absolute atomic E-state index is 0.0124. The standard InChI is InChI=1S/C38H61N12O21P3S2/c1-3-23(52)41-13-9-5-7-11-25(54)68-31-29(56)21(15-51)66-37(31)47-17-43-27-33(39)45-19-49(35(27)47)75-76-50-20-46-34(40)28-36(50)48(18-44-28)38-32(69-26(55)12-8-6-10-14-42-24(53)4-2)30(57)22(67-38)16-65-73(61,62)71-74(63,64)70-72(58,59)60/h17-22,29-32,35-38,51,56-57H,3-16,39-40H2,1-2H3,(H,41,52)(H,42,53)(H,61,62)(H,63,64)(H2,58,59,60)/t21-,22-,29-,30-,31-,32-,35?,36?,37+,38+/m1/s1. The average Bonchev–Trinajstić information content (AvgIpc) is 4.15. The number of carbonyl (C=O) groups excluding carboxylic acids is 4. The van der Waals surface area contributed by atoms with Crippen LogP contribution in [0.1, 0.15) is 78.1 Å². The molecule has 12 atom stereocenters. The van der Waals surface area contributed by atoms with E-state index < -0.39 is 110 Å². The van der Waals surface area contributed by atoms with Crippen LogP contribution in [0.25, 0.3) is 0 Å². The Labute approximate surface area is 442 Å². The minimum Gasteiger partial charge on any atom is -0.455 e. The van der Waals surface area contributed by atoms with Gasteiger partial charge in [0.1, 0.15) is 48.5 Å². The molecule has 6 aliphatic heterocycles. The highest BCUT2D eigenvalue weighted by Crippen LogP contribution is 2.66. The van der Waals surface area contributed by atoms with E-state index in [4.69, 9.17) is 44.7 Å². The maximum absolute atomic E-state index is 13.4. The van der Waals surface area contributed by atoms with Crippen LogP contribution in [0.15, 0.2) is 43.0 Å². The molecule has 0 aromatic rings. The van der Waals surface area contributed by atoms with Gasteiger partial charge in [0.2, 0.25) is 11.8 Å². The number of unbranched alkanes of at least 4 members (excludes halogenated alkanes) is 4. The first-order chi connectivity index (χ1) is 36.0. The third kappa shape index (κ3) is 16.2. The largest absolute Gasteiger partial charge is 0.490 e. The number of phosphoric ester groups is 1. The molecule has 2 saturated heterocycles. The first-order valence-corrected chi connectivity index (χ1v) is 30.2. The average molecular weight is 1180 g/mol. The number of aliphatic hydroxyl groups excluding tert-OH is 3. The summed E-state index contributed by atoms with van der Waals surface area (Å²) in [7, 11) is -15.4. The summed E-state index contributed by atoms with van der Waals surface area (Å²) in [5, 5.41) is 38.4. The maximum Gasteiger partial charge on any atom is 0.490 e. The lowest BCUT2D eigenvalue weighted by molar-refractivity contribution is -0.161. The van der Waals surface area contributed by atoms with Crippen LogP contribution in [-0.2, 0) is 65.0 Å². The molecular formula is C38H61N12O21P3S2. The lowest BCUT2D eigenvalue weighted by Gasteiger charge is -2.41. The molecule has 33 nitrogen and oxygen atoms in total. The molecule has 13 N–H and O–H groups in total. The highest BCUT2D eigenvalue weighted by Gasteiger charge is 2.55. The molecule has 0 bridgehead atoms. The second kappa shape index (κ2) is 27.1. The minimum atomic E-state index is -5.93. The van der Waals surface area contributed by atoms with Crippen LogP contribution in [0.4, 0.5) is 0 Å². The summed E-state index contributed by atoms with van der Waals surface area (Å²) in [5.74, 6) is -1.74. The van der Waals surface area contributed by atoms with Crippen LogP contribution in [0, 0.1) is 0 Å². The van der Waals surface area contributed by atoms with E-state index in [1.807, 2.05) is 0 Å². The maximum atomic E-state index is 13.4. The Morgan fingerprint density at radius 1 is 0.658 bits per heavy atom. The highest BCUT2D eigenvalue weighted by atomic mass is 33.1. The van der Waals surface area contributed by atoms with Gasteiger partial charge in [0, 0.05) is 60.7 Å². The monoisotopic (exact) mass is 1180 g/mol. The predicted octanol–water partition coefficient (Wildman–Crippen LogP) is -1.01. The first-order valence-electron chi connectivity index (χ1n) is 23.6. The molecule has 6 rings (SSSR count). The number of aliphatic imine (C=N–C) groups is 4. The van der Waals surface area contributed by atoms with E-state index in [0.29, 0.717) is 64.5 Å².